The van der Waals surface area contributed by atoms with E-state index < -0.39 is 0 Å². The molecule has 0 aliphatic carbocycles. The first kappa shape index (κ1) is 12.0. The van der Waals surface area contributed by atoms with Crippen LogP contribution in [-0.2, 0) is 0 Å². The predicted molar refractivity (Wildman–Crippen MR) is 70.9 cm³/mol. The highest BCUT2D eigenvalue weighted by Gasteiger charge is 2.40. The number of aryl methyl sites for hydroxylation is 1. The highest BCUT2D eigenvalue weighted by atomic mass is 15.2. The molecule has 17 heavy (non-hydrogen) atoms. The summed E-state index contributed by atoms with van der Waals surface area (Å²) in [5, 5.41) is 8.88. The molecule has 1 unspecified atom stereocenters. The van der Waals surface area contributed by atoms with Crippen molar-refractivity contribution in [2.24, 2.45) is 5.92 Å². The highest BCUT2D eigenvalue weighted by Crippen LogP contribution is 2.39. The van der Waals surface area contributed by atoms with Crippen molar-refractivity contribution >= 4 is 5.69 Å². The molecule has 90 valence electrons. The van der Waals surface area contributed by atoms with Crippen molar-refractivity contribution in [1.29, 1.82) is 5.26 Å². The second-order valence-electron chi connectivity index (χ2n) is 5.49. The average molecular weight is 228 g/mol. The molecule has 0 amide bonds. The molecule has 2 rings (SSSR count). The quantitative estimate of drug-likeness (QED) is 0.774. The van der Waals surface area contributed by atoms with Gasteiger partial charge in [0.25, 0.3) is 0 Å². The number of hydrogen-bond acceptors (Lipinski definition) is 2. The van der Waals surface area contributed by atoms with E-state index in [-0.39, 0.29) is 5.54 Å². The SMILES string of the molecule is Cc1ccc(N2CCC(CC#N)C2(C)C)cc1. The maximum atomic E-state index is 8.88. The van der Waals surface area contributed by atoms with Crippen LogP contribution in [0.15, 0.2) is 24.3 Å². The Morgan fingerprint density at radius 3 is 2.59 bits per heavy atom. The molecule has 1 fully saturated rings. The van der Waals surface area contributed by atoms with Gasteiger partial charge in [-0.15, -0.1) is 0 Å². The van der Waals surface area contributed by atoms with Gasteiger partial charge in [-0.25, -0.2) is 0 Å². The van der Waals surface area contributed by atoms with E-state index in [2.05, 4.69) is 56.0 Å². The van der Waals surface area contributed by atoms with Crippen LogP contribution < -0.4 is 4.90 Å². The molecule has 1 aliphatic heterocycles. The van der Waals surface area contributed by atoms with E-state index in [9.17, 15) is 0 Å². The Hall–Kier alpha value is -1.49. The smallest absolute Gasteiger partial charge is 0.0625 e. The molecule has 0 spiro atoms. The Morgan fingerprint density at radius 1 is 1.35 bits per heavy atom. The van der Waals surface area contributed by atoms with Gasteiger partial charge in [0.2, 0.25) is 0 Å². The monoisotopic (exact) mass is 228 g/mol. The fraction of sp³-hybridized carbons (Fsp3) is 0.533. The molecule has 1 atom stereocenters. The van der Waals surface area contributed by atoms with Gasteiger partial charge >= 0.3 is 0 Å². The zero-order valence-corrected chi connectivity index (χ0v) is 10.9. The maximum absolute atomic E-state index is 8.88. The van der Waals surface area contributed by atoms with Crippen molar-refractivity contribution in [3.05, 3.63) is 29.8 Å². The number of nitrogens with zero attached hydrogens (tertiary/aromatic N) is 2. The van der Waals surface area contributed by atoms with Gasteiger partial charge in [-0.05, 0) is 45.2 Å². The molecule has 1 saturated heterocycles. The molecular weight excluding hydrogens is 208 g/mol. The van der Waals surface area contributed by atoms with Crippen LogP contribution in [0, 0.1) is 24.2 Å². The molecule has 0 bridgehead atoms. The van der Waals surface area contributed by atoms with Crippen LogP contribution >= 0.6 is 0 Å². The summed E-state index contributed by atoms with van der Waals surface area (Å²) >= 11 is 0. The first-order chi connectivity index (χ1) is 8.05. The third-order valence-corrected chi connectivity index (χ3v) is 4.08. The van der Waals surface area contributed by atoms with Gasteiger partial charge in [-0.3, -0.25) is 0 Å². The largest absolute Gasteiger partial charge is 0.366 e. The van der Waals surface area contributed by atoms with Crippen molar-refractivity contribution in [3.8, 4) is 6.07 Å². The van der Waals surface area contributed by atoms with E-state index >= 15 is 0 Å². The van der Waals surface area contributed by atoms with Crippen LogP contribution in [0.3, 0.4) is 0 Å². The van der Waals surface area contributed by atoms with Crippen molar-refractivity contribution in [3.63, 3.8) is 0 Å². The van der Waals surface area contributed by atoms with E-state index in [1.807, 2.05) is 0 Å². The minimum atomic E-state index is 0.0883. The fourth-order valence-corrected chi connectivity index (χ4v) is 2.80. The van der Waals surface area contributed by atoms with Crippen LogP contribution in [-0.4, -0.2) is 12.1 Å². The Kier molecular flexibility index (Phi) is 3.11. The Bertz CT molecular complexity index is 425. The normalized spacial score (nSPS) is 22.5. The summed E-state index contributed by atoms with van der Waals surface area (Å²) in [5.41, 5.74) is 2.66. The third-order valence-electron chi connectivity index (χ3n) is 4.08. The van der Waals surface area contributed by atoms with Crippen LogP contribution in [0.25, 0.3) is 0 Å². The van der Waals surface area contributed by atoms with Gasteiger partial charge in [-0.2, -0.15) is 5.26 Å². The zero-order valence-electron chi connectivity index (χ0n) is 10.9. The number of rotatable bonds is 2. The number of anilines is 1. The Balaban J connectivity index is 2.24. The summed E-state index contributed by atoms with van der Waals surface area (Å²) in [6.45, 7) is 7.67. The standard InChI is InChI=1S/C15H20N2/c1-12-4-6-14(7-5-12)17-11-9-13(8-10-16)15(17,2)3/h4-7,13H,8-9,11H2,1-3H3. The molecule has 1 aromatic rings. The Morgan fingerprint density at radius 2 is 2.00 bits per heavy atom. The van der Waals surface area contributed by atoms with Gasteiger partial charge in [0.05, 0.1) is 6.07 Å². The summed E-state index contributed by atoms with van der Waals surface area (Å²) in [6, 6.07) is 11.0. The number of nitriles is 1. The number of hydrogen-bond donors (Lipinski definition) is 0. The lowest BCUT2D eigenvalue weighted by molar-refractivity contribution is 0.371. The van der Waals surface area contributed by atoms with Crippen molar-refractivity contribution in [2.75, 3.05) is 11.4 Å². The molecular formula is C15H20N2. The maximum Gasteiger partial charge on any atom is 0.0625 e. The lowest BCUT2D eigenvalue weighted by Gasteiger charge is -2.37. The minimum Gasteiger partial charge on any atom is -0.366 e. The molecule has 2 nitrogen and oxygen atoms in total. The summed E-state index contributed by atoms with van der Waals surface area (Å²) in [7, 11) is 0. The van der Waals surface area contributed by atoms with Gasteiger partial charge in [0, 0.05) is 24.2 Å². The van der Waals surface area contributed by atoms with E-state index in [1.54, 1.807) is 0 Å². The highest BCUT2D eigenvalue weighted by molar-refractivity contribution is 5.51. The summed E-state index contributed by atoms with van der Waals surface area (Å²) in [5.74, 6) is 0.480. The molecule has 1 heterocycles. The summed E-state index contributed by atoms with van der Waals surface area (Å²) in [6.07, 6.45) is 1.78. The third kappa shape index (κ3) is 2.15. The van der Waals surface area contributed by atoms with E-state index in [0.29, 0.717) is 12.3 Å². The Labute approximate surface area is 104 Å². The average Bonchev–Trinajstić information content (AvgIpc) is 2.57. The summed E-state index contributed by atoms with van der Waals surface area (Å²) < 4.78 is 0. The second kappa shape index (κ2) is 4.41. The summed E-state index contributed by atoms with van der Waals surface area (Å²) in [4.78, 5) is 2.44. The van der Waals surface area contributed by atoms with E-state index in [0.717, 1.165) is 13.0 Å². The fourth-order valence-electron chi connectivity index (χ4n) is 2.80. The molecule has 0 N–H and O–H groups in total. The molecule has 0 aromatic heterocycles. The zero-order chi connectivity index (χ0) is 12.5. The second-order valence-corrected chi connectivity index (χ2v) is 5.49. The molecule has 0 saturated carbocycles. The minimum absolute atomic E-state index is 0.0883. The van der Waals surface area contributed by atoms with Crippen LogP contribution in [0.2, 0.25) is 0 Å². The van der Waals surface area contributed by atoms with Gasteiger partial charge in [0.1, 0.15) is 0 Å². The van der Waals surface area contributed by atoms with E-state index in [1.165, 1.54) is 11.3 Å². The van der Waals surface area contributed by atoms with Crippen molar-refractivity contribution < 1.29 is 0 Å². The molecule has 0 radical (unpaired) electrons. The lowest BCUT2D eigenvalue weighted by Crippen LogP contribution is -2.42. The lowest BCUT2D eigenvalue weighted by atomic mass is 9.86. The van der Waals surface area contributed by atoms with Crippen molar-refractivity contribution in [1.82, 2.24) is 0 Å². The topological polar surface area (TPSA) is 27.0 Å². The molecule has 2 heteroatoms. The van der Waals surface area contributed by atoms with Crippen LogP contribution in [0.4, 0.5) is 5.69 Å². The van der Waals surface area contributed by atoms with Crippen LogP contribution in [0.1, 0.15) is 32.3 Å². The van der Waals surface area contributed by atoms with Crippen LogP contribution in [0.5, 0.6) is 0 Å². The van der Waals surface area contributed by atoms with Gasteiger partial charge in [0.15, 0.2) is 0 Å². The molecule has 1 aliphatic rings. The predicted octanol–water partition coefficient (Wildman–Crippen LogP) is 3.51. The number of benzene rings is 1. The first-order valence-electron chi connectivity index (χ1n) is 6.27. The molecule has 1 aromatic carbocycles. The van der Waals surface area contributed by atoms with Crippen molar-refractivity contribution in [2.45, 2.75) is 39.2 Å². The van der Waals surface area contributed by atoms with Gasteiger partial charge < -0.3 is 4.90 Å². The van der Waals surface area contributed by atoms with Gasteiger partial charge in [-0.1, -0.05) is 17.7 Å². The first-order valence-corrected chi connectivity index (χ1v) is 6.27. The van der Waals surface area contributed by atoms with E-state index in [4.69, 9.17) is 5.26 Å².